The monoisotopic (exact) mass is 422 g/mol. The normalized spacial score (nSPS) is 16.5. The van der Waals surface area contributed by atoms with Crippen LogP contribution < -0.4 is 0 Å². The van der Waals surface area contributed by atoms with Crippen LogP contribution >= 0.6 is 0 Å². The summed E-state index contributed by atoms with van der Waals surface area (Å²) in [4.78, 5) is 2.54. The Morgan fingerprint density at radius 3 is 2.48 bits per heavy atom. The minimum Gasteiger partial charge on any atom is -0.392 e. The maximum Gasteiger partial charge on any atom is 0.0670 e. The molecule has 1 aromatic carbocycles. The molecule has 1 atom stereocenters. The van der Waals surface area contributed by atoms with Crippen molar-refractivity contribution in [1.29, 1.82) is 0 Å². The summed E-state index contributed by atoms with van der Waals surface area (Å²) < 4.78 is 2.37. The minimum atomic E-state index is -0.284. The van der Waals surface area contributed by atoms with Gasteiger partial charge in [0.05, 0.1) is 6.10 Å². The third-order valence-corrected chi connectivity index (χ3v) is 6.70. The number of aliphatic hydroxyl groups is 1. The Morgan fingerprint density at radius 2 is 1.84 bits per heavy atom. The number of hydrogen-bond acceptors (Lipinski definition) is 2. The molecule has 1 fully saturated rings. The first-order valence-corrected chi connectivity index (χ1v) is 12.1. The second-order valence-electron chi connectivity index (χ2n) is 10.3. The Kier molecular flexibility index (Phi) is 8.57. The van der Waals surface area contributed by atoms with Gasteiger partial charge in [-0.05, 0) is 54.4 Å². The summed E-state index contributed by atoms with van der Waals surface area (Å²) in [7, 11) is 0. The lowest BCUT2D eigenvalue weighted by Gasteiger charge is -2.36. The molecule has 1 saturated carbocycles. The van der Waals surface area contributed by atoms with Crippen molar-refractivity contribution in [3.05, 3.63) is 72.1 Å². The summed E-state index contributed by atoms with van der Waals surface area (Å²) in [6.07, 6.45) is 12.0. The summed E-state index contributed by atoms with van der Waals surface area (Å²) in [6, 6.07) is 14.1. The van der Waals surface area contributed by atoms with Crippen LogP contribution in [0.5, 0.6) is 0 Å². The van der Waals surface area contributed by atoms with Crippen LogP contribution in [0.3, 0.4) is 0 Å². The molecule has 0 amide bonds. The fourth-order valence-electron chi connectivity index (χ4n) is 4.72. The molecule has 3 rings (SSSR count). The second-order valence-corrected chi connectivity index (χ2v) is 10.3. The van der Waals surface area contributed by atoms with Crippen LogP contribution in [0.25, 0.3) is 0 Å². The number of rotatable bonds is 10. The smallest absolute Gasteiger partial charge is 0.0670 e. The molecule has 0 radical (unpaired) electrons. The summed E-state index contributed by atoms with van der Waals surface area (Å²) >= 11 is 0. The molecule has 3 heteroatoms. The highest BCUT2D eigenvalue weighted by Crippen LogP contribution is 2.26. The van der Waals surface area contributed by atoms with E-state index in [2.05, 4.69) is 79.4 Å². The van der Waals surface area contributed by atoms with Crippen LogP contribution in [0.1, 0.15) is 82.5 Å². The predicted molar refractivity (Wildman–Crippen MR) is 131 cm³/mol. The Bertz CT molecular complexity index is 793. The van der Waals surface area contributed by atoms with Gasteiger partial charge in [0.15, 0.2) is 0 Å². The van der Waals surface area contributed by atoms with E-state index in [-0.39, 0.29) is 11.5 Å². The number of hydrogen-bond donors (Lipinski definition) is 1. The highest BCUT2D eigenvalue weighted by atomic mass is 16.3. The molecule has 170 valence electrons. The van der Waals surface area contributed by atoms with Gasteiger partial charge in [0.2, 0.25) is 0 Å². The Labute approximate surface area is 189 Å². The molecule has 1 N–H and O–H groups in total. The van der Waals surface area contributed by atoms with E-state index in [1.165, 1.54) is 48.9 Å². The number of aromatic nitrogens is 1. The zero-order chi connectivity index (χ0) is 22.3. The van der Waals surface area contributed by atoms with Gasteiger partial charge >= 0.3 is 0 Å². The van der Waals surface area contributed by atoms with Crippen molar-refractivity contribution < 1.29 is 5.11 Å². The lowest BCUT2D eigenvalue weighted by atomic mass is 9.87. The standard InChI is InChI=1S/C28H42N2O/c1-5-6-14-27(31)22-30(25-11-8-7-9-12-25)21-26-13-10-19-29(26)20-23-15-17-24(18-16-23)28(2,3)4/h5,10,13,15-19,25,27,31H,1,6-9,11-12,14,20-22H2,2-4H3. The first kappa shape index (κ1) is 23.8. The average Bonchev–Trinajstić information content (AvgIpc) is 3.18. The highest BCUT2D eigenvalue weighted by Gasteiger charge is 2.24. The van der Waals surface area contributed by atoms with E-state index >= 15 is 0 Å². The minimum absolute atomic E-state index is 0.185. The van der Waals surface area contributed by atoms with Crippen LogP contribution in [0.2, 0.25) is 0 Å². The third-order valence-electron chi connectivity index (χ3n) is 6.70. The molecule has 1 aromatic heterocycles. The Morgan fingerprint density at radius 1 is 1.13 bits per heavy atom. The van der Waals surface area contributed by atoms with E-state index < -0.39 is 0 Å². The number of benzene rings is 1. The van der Waals surface area contributed by atoms with Crippen molar-refractivity contribution in [3.8, 4) is 0 Å². The molecular formula is C28H42N2O. The summed E-state index contributed by atoms with van der Waals surface area (Å²) in [5.74, 6) is 0. The lowest BCUT2D eigenvalue weighted by molar-refractivity contribution is 0.0624. The highest BCUT2D eigenvalue weighted by molar-refractivity contribution is 5.28. The number of nitrogens with zero attached hydrogens (tertiary/aromatic N) is 2. The van der Waals surface area contributed by atoms with E-state index in [0.717, 1.165) is 32.5 Å². The zero-order valence-electron chi connectivity index (χ0n) is 19.9. The van der Waals surface area contributed by atoms with Crippen LogP contribution in [-0.2, 0) is 18.5 Å². The van der Waals surface area contributed by atoms with Crippen LogP contribution in [0.4, 0.5) is 0 Å². The van der Waals surface area contributed by atoms with Gasteiger partial charge in [-0.1, -0.05) is 70.4 Å². The van der Waals surface area contributed by atoms with E-state index in [9.17, 15) is 5.11 Å². The third kappa shape index (κ3) is 7.08. The number of allylic oxidation sites excluding steroid dienone is 1. The fraction of sp³-hybridized carbons (Fsp3) is 0.571. The molecule has 1 heterocycles. The Balaban J connectivity index is 1.70. The van der Waals surface area contributed by atoms with E-state index in [1.54, 1.807) is 0 Å². The van der Waals surface area contributed by atoms with Gasteiger partial charge in [-0.3, -0.25) is 4.90 Å². The maximum atomic E-state index is 10.6. The maximum absolute atomic E-state index is 10.6. The van der Waals surface area contributed by atoms with E-state index in [1.807, 2.05) is 6.08 Å². The molecule has 1 aliphatic rings. The van der Waals surface area contributed by atoms with Gasteiger partial charge < -0.3 is 9.67 Å². The topological polar surface area (TPSA) is 28.4 Å². The zero-order valence-corrected chi connectivity index (χ0v) is 19.9. The van der Waals surface area contributed by atoms with Crippen LogP contribution in [0.15, 0.2) is 55.3 Å². The van der Waals surface area contributed by atoms with Gasteiger partial charge in [0.1, 0.15) is 0 Å². The Hall–Kier alpha value is -1.84. The van der Waals surface area contributed by atoms with Crippen molar-refractivity contribution >= 4 is 0 Å². The molecule has 0 spiro atoms. The summed E-state index contributed by atoms with van der Waals surface area (Å²) in [6.45, 7) is 13.1. The molecule has 31 heavy (non-hydrogen) atoms. The molecule has 0 saturated heterocycles. The molecule has 1 aliphatic carbocycles. The lowest BCUT2D eigenvalue weighted by Crippen LogP contribution is -2.41. The molecule has 0 bridgehead atoms. The SMILES string of the molecule is C=CCCC(O)CN(Cc1cccn1Cc1ccc(C(C)(C)C)cc1)C1CCCCC1. The molecule has 2 aromatic rings. The second kappa shape index (κ2) is 11.2. The van der Waals surface area contributed by atoms with Gasteiger partial charge in [-0.15, -0.1) is 6.58 Å². The van der Waals surface area contributed by atoms with E-state index in [4.69, 9.17) is 0 Å². The van der Waals surface area contributed by atoms with E-state index in [0.29, 0.717) is 6.04 Å². The predicted octanol–water partition coefficient (Wildman–Crippen LogP) is 6.30. The van der Waals surface area contributed by atoms with Crippen molar-refractivity contribution in [2.24, 2.45) is 0 Å². The summed E-state index contributed by atoms with van der Waals surface area (Å²) in [5, 5.41) is 10.6. The van der Waals surface area contributed by atoms with Gasteiger partial charge in [-0.25, -0.2) is 0 Å². The number of aliphatic hydroxyl groups excluding tert-OH is 1. The largest absolute Gasteiger partial charge is 0.392 e. The molecule has 3 nitrogen and oxygen atoms in total. The molecular weight excluding hydrogens is 380 g/mol. The van der Waals surface area contributed by atoms with Crippen molar-refractivity contribution in [2.45, 2.75) is 96.4 Å². The fourth-order valence-corrected chi connectivity index (χ4v) is 4.72. The van der Waals surface area contributed by atoms with Gasteiger partial charge in [0, 0.05) is 37.6 Å². The van der Waals surface area contributed by atoms with Crippen molar-refractivity contribution in [3.63, 3.8) is 0 Å². The van der Waals surface area contributed by atoms with Crippen molar-refractivity contribution in [2.75, 3.05) is 6.54 Å². The molecule has 1 unspecified atom stereocenters. The quantitative estimate of drug-likeness (QED) is 0.455. The van der Waals surface area contributed by atoms with Gasteiger partial charge in [0.25, 0.3) is 0 Å². The van der Waals surface area contributed by atoms with Crippen LogP contribution in [0, 0.1) is 0 Å². The first-order valence-electron chi connectivity index (χ1n) is 12.1. The summed E-state index contributed by atoms with van der Waals surface area (Å²) in [5.41, 5.74) is 4.23. The van der Waals surface area contributed by atoms with Gasteiger partial charge in [-0.2, -0.15) is 0 Å². The molecule has 0 aliphatic heterocycles. The van der Waals surface area contributed by atoms with Crippen LogP contribution in [-0.4, -0.2) is 33.3 Å². The average molecular weight is 423 g/mol. The first-order chi connectivity index (χ1) is 14.9. The van der Waals surface area contributed by atoms with Crippen molar-refractivity contribution in [1.82, 2.24) is 9.47 Å².